The molecule has 0 unspecified atom stereocenters. The Bertz CT molecular complexity index is 489. The molecule has 0 saturated heterocycles. The van der Waals surface area contributed by atoms with Crippen LogP contribution >= 0.6 is 0 Å². The fraction of sp³-hybridized carbons (Fsp3) is 0.250. The molecule has 1 rings (SSSR count). The van der Waals surface area contributed by atoms with Crippen LogP contribution in [0.3, 0.4) is 0 Å². The van der Waals surface area contributed by atoms with Gasteiger partial charge in [-0.2, -0.15) is 0 Å². The van der Waals surface area contributed by atoms with Crippen LogP contribution in [0.4, 0.5) is 10.1 Å². The number of nitrogen functional groups attached to an aromatic ring is 1. The SMILES string of the molecule is COc1cc(C#CCNC(C)=O)c(F)cc1N. The second-order valence-corrected chi connectivity index (χ2v) is 3.29. The molecule has 0 aromatic heterocycles. The first-order valence-corrected chi connectivity index (χ1v) is 4.91. The monoisotopic (exact) mass is 236 g/mol. The van der Waals surface area contributed by atoms with Crippen LogP contribution in [0.25, 0.3) is 0 Å². The molecule has 1 amide bonds. The minimum Gasteiger partial charge on any atom is -0.495 e. The predicted octanol–water partition coefficient (Wildman–Crippen LogP) is 0.904. The topological polar surface area (TPSA) is 64.3 Å². The lowest BCUT2D eigenvalue weighted by Crippen LogP contribution is -2.19. The minimum absolute atomic E-state index is 0.168. The lowest BCUT2D eigenvalue weighted by molar-refractivity contribution is -0.118. The highest BCUT2D eigenvalue weighted by Crippen LogP contribution is 2.24. The lowest BCUT2D eigenvalue weighted by atomic mass is 10.2. The van der Waals surface area contributed by atoms with Crippen molar-refractivity contribution in [1.82, 2.24) is 5.32 Å². The summed E-state index contributed by atoms with van der Waals surface area (Å²) in [4.78, 5) is 10.6. The van der Waals surface area contributed by atoms with Crippen LogP contribution < -0.4 is 15.8 Å². The van der Waals surface area contributed by atoms with E-state index in [-0.39, 0.29) is 23.7 Å². The van der Waals surface area contributed by atoms with Crippen molar-refractivity contribution in [1.29, 1.82) is 0 Å². The molecule has 0 saturated carbocycles. The van der Waals surface area contributed by atoms with Gasteiger partial charge in [0.2, 0.25) is 5.91 Å². The smallest absolute Gasteiger partial charge is 0.217 e. The van der Waals surface area contributed by atoms with E-state index in [2.05, 4.69) is 17.2 Å². The van der Waals surface area contributed by atoms with Crippen LogP contribution in [-0.2, 0) is 4.79 Å². The second kappa shape index (κ2) is 5.75. The highest BCUT2D eigenvalue weighted by atomic mass is 19.1. The number of halogens is 1. The molecule has 0 radical (unpaired) electrons. The van der Waals surface area contributed by atoms with Crippen molar-refractivity contribution in [2.75, 3.05) is 19.4 Å². The van der Waals surface area contributed by atoms with Crippen molar-refractivity contribution >= 4 is 11.6 Å². The number of rotatable bonds is 2. The molecule has 5 heteroatoms. The number of hydrogen-bond donors (Lipinski definition) is 2. The number of benzene rings is 1. The Kier molecular flexibility index (Phi) is 4.35. The molecule has 90 valence electrons. The Morgan fingerprint density at radius 3 is 2.88 bits per heavy atom. The largest absolute Gasteiger partial charge is 0.495 e. The summed E-state index contributed by atoms with van der Waals surface area (Å²) in [6.45, 7) is 1.55. The zero-order valence-electron chi connectivity index (χ0n) is 9.63. The van der Waals surface area contributed by atoms with Gasteiger partial charge in [-0.25, -0.2) is 4.39 Å². The Balaban J connectivity index is 2.87. The van der Waals surface area contributed by atoms with Crippen LogP contribution in [0.5, 0.6) is 5.75 Å². The van der Waals surface area contributed by atoms with Gasteiger partial charge in [0.15, 0.2) is 0 Å². The maximum Gasteiger partial charge on any atom is 0.217 e. The fourth-order valence-electron chi connectivity index (χ4n) is 1.15. The predicted molar refractivity (Wildman–Crippen MR) is 62.9 cm³/mol. The summed E-state index contributed by atoms with van der Waals surface area (Å²) in [5.41, 5.74) is 5.93. The molecule has 0 heterocycles. The van der Waals surface area contributed by atoms with E-state index in [4.69, 9.17) is 10.5 Å². The van der Waals surface area contributed by atoms with Gasteiger partial charge < -0.3 is 15.8 Å². The number of carbonyl (C=O) groups is 1. The third-order valence-electron chi connectivity index (χ3n) is 1.97. The third-order valence-corrected chi connectivity index (χ3v) is 1.97. The zero-order valence-corrected chi connectivity index (χ0v) is 9.63. The first-order chi connectivity index (χ1) is 8.04. The number of methoxy groups -OCH3 is 1. The molecule has 0 bridgehead atoms. The van der Waals surface area contributed by atoms with Gasteiger partial charge >= 0.3 is 0 Å². The van der Waals surface area contributed by atoms with Gasteiger partial charge in [0.25, 0.3) is 0 Å². The molecule has 0 aliphatic carbocycles. The molecular formula is C12H13FN2O2. The summed E-state index contributed by atoms with van der Waals surface area (Å²) in [7, 11) is 1.44. The molecule has 4 nitrogen and oxygen atoms in total. The van der Waals surface area contributed by atoms with Crippen molar-refractivity contribution in [3.63, 3.8) is 0 Å². The average Bonchev–Trinajstić information content (AvgIpc) is 2.26. The first-order valence-electron chi connectivity index (χ1n) is 4.91. The molecule has 0 aliphatic heterocycles. The molecule has 0 fully saturated rings. The molecule has 1 aromatic rings. The normalized spacial score (nSPS) is 9.12. The van der Waals surface area contributed by atoms with Crippen molar-refractivity contribution in [2.45, 2.75) is 6.92 Å². The van der Waals surface area contributed by atoms with Gasteiger partial charge in [-0.1, -0.05) is 11.8 Å². The summed E-state index contributed by atoms with van der Waals surface area (Å²) < 4.78 is 18.4. The van der Waals surface area contributed by atoms with Crippen LogP contribution in [0.1, 0.15) is 12.5 Å². The van der Waals surface area contributed by atoms with Crippen LogP contribution in [0, 0.1) is 17.7 Å². The molecule has 0 aliphatic rings. The van der Waals surface area contributed by atoms with Gasteiger partial charge in [-0.05, 0) is 0 Å². The second-order valence-electron chi connectivity index (χ2n) is 3.29. The Hall–Kier alpha value is -2.22. The van der Waals surface area contributed by atoms with Crippen LogP contribution in [-0.4, -0.2) is 19.6 Å². The molecular weight excluding hydrogens is 223 g/mol. The maximum absolute atomic E-state index is 13.4. The molecule has 0 spiro atoms. The van der Waals surface area contributed by atoms with E-state index in [1.54, 1.807) is 0 Å². The number of nitrogens with one attached hydrogen (secondary N) is 1. The fourth-order valence-corrected chi connectivity index (χ4v) is 1.15. The lowest BCUT2D eigenvalue weighted by Gasteiger charge is -2.05. The number of carbonyl (C=O) groups excluding carboxylic acids is 1. The Morgan fingerprint density at radius 1 is 1.59 bits per heavy atom. The number of hydrogen-bond acceptors (Lipinski definition) is 3. The van der Waals surface area contributed by atoms with E-state index in [1.807, 2.05) is 0 Å². The first kappa shape index (κ1) is 12.8. The zero-order chi connectivity index (χ0) is 12.8. The van der Waals surface area contributed by atoms with Crippen molar-refractivity contribution in [3.05, 3.63) is 23.5 Å². The van der Waals surface area contributed by atoms with Crippen LogP contribution in [0.2, 0.25) is 0 Å². The molecule has 0 atom stereocenters. The van der Waals surface area contributed by atoms with Crippen molar-refractivity contribution in [2.24, 2.45) is 0 Å². The summed E-state index contributed by atoms with van der Waals surface area (Å²) >= 11 is 0. The van der Waals surface area contributed by atoms with E-state index >= 15 is 0 Å². The highest BCUT2D eigenvalue weighted by molar-refractivity contribution is 5.73. The Morgan fingerprint density at radius 2 is 2.29 bits per heavy atom. The van der Waals surface area contributed by atoms with Gasteiger partial charge in [-0.15, -0.1) is 0 Å². The van der Waals surface area contributed by atoms with E-state index in [0.717, 1.165) is 6.07 Å². The summed E-state index contributed by atoms with van der Waals surface area (Å²) in [6, 6.07) is 2.58. The molecule has 1 aromatic carbocycles. The van der Waals surface area contributed by atoms with E-state index in [1.165, 1.54) is 20.1 Å². The summed E-state index contributed by atoms with van der Waals surface area (Å²) in [5, 5.41) is 2.48. The number of anilines is 1. The van der Waals surface area contributed by atoms with E-state index in [9.17, 15) is 9.18 Å². The standard InChI is InChI=1S/C12H13FN2O2/c1-8(16)15-5-3-4-9-6-12(17-2)11(14)7-10(9)13/h6-7H,5,14H2,1-2H3,(H,15,16). The van der Waals surface area contributed by atoms with Crippen LogP contribution in [0.15, 0.2) is 12.1 Å². The average molecular weight is 236 g/mol. The highest BCUT2D eigenvalue weighted by Gasteiger charge is 2.05. The van der Waals surface area contributed by atoms with Gasteiger partial charge in [0.1, 0.15) is 11.6 Å². The minimum atomic E-state index is -0.515. The van der Waals surface area contributed by atoms with Crippen molar-refractivity contribution in [3.8, 4) is 17.6 Å². The summed E-state index contributed by atoms with van der Waals surface area (Å²) in [5.74, 6) is 4.89. The van der Waals surface area contributed by atoms with E-state index in [0.29, 0.717) is 5.75 Å². The summed E-state index contributed by atoms with van der Waals surface area (Å²) in [6.07, 6.45) is 0. The number of amides is 1. The van der Waals surface area contributed by atoms with Gasteiger partial charge in [-0.3, -0.25) is 4.79 Å². The quantitative estimate of drug-likeness (QED) is 0.592. The Labute approximate surface area is 99.0 Å². The van der Waals surface area contributed by atoms with E-state index < -0.39 is 5.82 Å². The number of ether oxygens (including phenoxy) is 1. The third kappa shape index (κ3) is 3.68. The molecule has 3 N–H and O–H groups in total. The number of nitrogens with two attached hydrogens (primary N) is 1. The maximum atomic E-state index is 13.4. The molecule has 17 heavy (non-hydrogen) atoms. The van der Waals surface area contributed by atoms with Gasteiger partial charge in [0.05, 0.1) is 24.9 Å². The van der Waals surface area contributed by atoms with Gasteiger partial charge in [0, 0.05) is 19.1 Å². The van der Waals surface area contributed by atoms with Crippen molar-refractivity contribution < 1.29 is 13.9 Å².